The van der Waals surface area contributed by atoms with Crippen molar-refractivity contribution in [2.24, 2.45) is 0 Å². The number of rotatable bonds is 6. The molecule has 1 unspecified atom stereocenters. The monoisotopic (exact) mass is 322 g/mol. The zero-order chi connectivity index (χ0) is 16.2. The van der Waals surface area contributed by atoms with E-state index in [1.165, 1.54) is 7.11 Å². The van der Waals surface area contributed by atoms with Crippen molar-refractivity contribution in [2.75, 3.05) is 20.2 Å². The topological polar surface area (TPSA) is 104 Å². The molecule has 1 heterocycles. The summed E-state index contributed by atoms with van der Waals surface area (Å²) in [5.41, 5.74) is 0. The number of aliphatic carboxylic acids is 1. The predicted octanol–water partition coefficient (Wildman–Crippen LogP) is 0.0537. The molecular formula is C12H22N2O6S. The molecule has 0 bridgehead atoms. The Morgan fingerprint density at radius 3 is 2.48 bits per heavy atom. The van der Waals surface area contributed by atoms with Gasteiger partial charge in [0.2, 0.25) is 0 Å². The van der Waals surface area contributed by atoms with E-state index in [9.17, 15) is 23.1 Å². The van der Waals surface area contributed by atoms with Gasteiger partial charge in [-0.25, -0.2) is 0 Å². The fraction of sp³-hybridized carbons (Fsp3) is 0.833. The van der Waals surface area contributed by atoms with Gasteiger partial charge in [0.1, 0.15) is 12.6 Å². The molecule has 0 aliphatic carbocycles. The predicted molar refractivity (Wildman–Crippen MR) is 74.8 cm³/mol. The van der Waals surface area contributed by atoms with Gasteiger partial charge in [-0.05, 0) is 33.1 Å². The number of nitrogens with zero attached hydrogens (tertiary/aromatic N) is 2. The van der Waals surface area contributed by atoms with Crippen molar-refractivity contribution in [3.63, 3.8) is 0 Å². The lowest BCUT2D eigenvalue weighted by Crippen LogP contribution is -2.55. The summed E-state index contributed by atoms with van der Waals surface area (Å²) in [6.45, 7) is 2.96. The molecule has 1 aliphatic rings. The average Bonchev–Trinajstić information content (AvgIpc) is 2.43. The van der Waals surface area contributed by atoms with Crippen LogP contribution < -0.4 is 0 Å². The van der Waals surface area contributed by atoms with Crippen LogP contribution in [0.3, 0.4) is 0 Å². The smallest absolute Gasteiger partial charge is 0.322 e. The van der Waals surface area contributed by atoms with Crippen molar-refractivity contribution in [2.45, 2.75) is 45.2 Å². The number of piperidine rings is 1. The fourth-order valence-corrected chi connectivity index (χ4v) is 4.23. The average molecular weight is 322 g/mol. The third-order valence-corrected chi connectivity index (χ3v) is 5.59. The number of carboxylic acid groups (broad SMARTS) is 1. The SMILES string of the molecule is COC(=O)CN(C(C)C)S(=O)(=O)N1CCCCC1C(=O)O. The molecule has 0 aromatic carbocycles. The second-order valence-electron chi connectivity index (χ2n) is 5.18. The minimum Gasteiger partial charge on any atom is -0.480 e. The van der Waals surface area contributed by atoms with Crippen molar-refractivity contribution in [3.8, 4) is 0 Å². The Hall–Kier alpha value is -1.19. The largest absolute Gasteiger partial charge is 0.480 e. The molecule has 1 saturated heterocycles. The fourth-order valence-electron chi connectivity index (χ4n) is 2.29. The Morgan fingerprint density at radius 2 is 2.00 bits per heavy atom. The lowest BCUT2D eigenvalue weighted by molar-refractivity contribution is -0.142. The van der Waals surface area contributed by atoms with Gasteiger partial charge in [0, 0.05) is 12.6 Å². The molecule has 0 aromatic heterocycles. The molecule has 0 radical (unpaired) electrons. The van der Waals surface area contributed by atoms with Gasteiger partial charge in [-0.3, -0.25) is 9.59 Å². The van der Waals surface area contributed by atoms with Crippen LogP contribution in [0.1, 0.15) is 33.1 Å². The molecular weight excluding hydrogens is 300 g/mol. The summed E-state index contributed by atoms with van der Waals surface area (Å²) < 4.78 is 31.8. The highest BCUT2D eigenvalue weighted by Gasteiger charge is 2.41. The number of hydrogen-bond acceptors (Lipinski definition) is 5. The van der Waals surface area contributed by atoms with E-state index in [0.717, 1.165) is 8.61 Å². The number of carbonyl (C=O) groups excluding carboxylic acids is 1. The number of ether oxygens (including phenoxy) is 1. The van der Waals surface area contributed by atoms with Crippen molar-refractivity contribution >= 4 is 22.1 Å². The molecule has 8 nitrogen and oxygen atoms in total. The van der Waals surface area contributed by atoms with Crippen LogP contribution in [0.2, 0.25) is 0 Å². The van der Waals surface area contributed by atoms with Crippen LogP contribution in [0.15, 0.2) is 0 Å². The first-order valence-electron chi connectivity index (χ1n) is 6.80. The van der Waals surface area contributed by atoms with Crippen molar-refractivity contribution in [3.05, 3.63) is 0 Å². The van der Waals surface area contributed by atoms with Crippen LogP contribution in [-0.4, -0.2) is 66.4 Å². The van der Waals surface area contributed by atoms with Gasteiger partial charge in [-0.2, -0.15) is 17.0 Å². The number of hydrogen-bond donors (Lipinski definition) is 1. The number of carbonyl (C=O) groups is 2. The summed E-state index contributed by atoms with van der Waals surface area (Å²) in [6.07, 6.45) is 1.55. The Kier molecular flexibility index (Phi) is 6.11. The molecule has 9 heteroatoms. The molecule has 1 atom stereocenters. The molecule has 21 heavy (non-hydrogen) atoms. The number of methoxy groups -OCH3 is 1. The van der Waals surface area contributed by atoms with Gasteiger partial charge >= 0.3 is 11.9 Å². The standard InChI is InChI=1S/C12H22N2O6S/c1-9(2)14(8-11(15)20-3)21(18,19)13-7-5-4-6-10(13)12(16)17/h9-10H,4-8H2,1-3H3,(H,16,17). The Labute approximate surface area is 124 Å². The first-order chi connectivity index (χ1) is 9.71. The third-order valence-electron chi connectivity index (χ3n) is 3.42. The molecule has 1 fully saturated rings. The van der Waals surface area contributed by atoms with E-state index in [1.807, 2.05) is 0 Å². The minimum absolute atomic E-state index is 0.143. The molecule has 0 spiro atoms. The summed E-state index contributed by atoms with van der Waals surface area (Å²) in [5.74, 6) is -1.85. The molecule has 0 aromatic rings. The van der Waals surface area contributed by atoms with Gasteiger partial charge in [-0.15, -0.1) is 0 Å². The maximum atomic E-state index is 12.7. The lowest BCUT2D eigenvalue weighted by atomic mass is 10.1. The summed E-state index contributed by atoms with van der Waals surface area (Å²) in [4.78, 5) is 22.7. The van der Waals surface area contributed by atoms with Crippen molar-refractivity contribution in [1.29, 1.82) is 0 Å². The van der Waals surface area contributed by atoms with E-state index in [2.05, 4.69) is 4.74 Å². The lowest BCUT2D eigenvalue weighted by Gasteiger charge is -2.36. The van der Waals surface area contributed by atoms with Crippen LogP contribution in [0.4, 0.5) is 0 Å². The molecule has 0 saturated carbocycles. The summed E-state index contributed by atoms with van der Waals surface area (Å²) in [5, 5.41) is 9.20. The Morgan fingerprint density at radius 1 is 1.38 bits per heavy atom. The molecule has 122 valence electrons. The maximum absolute atomic E-state index is 12.7. The van der Waals surface area contributed by atoms with Gasteiger partial charge in [0.15, 0.2) is 0 Å². The molecule has 1 aliphatic heterocycles. The van der Waals surface area contributed by atoms with Crippen LogP contribution in [0, 0.1) is 0 Å². The number of carboxylic acids is 1. The second kappa shape index (κ2) is 7.19. The zero-order valence-corrected chi connectivity index (χ0v) is 13.3. The zero-order valence-electron chi connectivity index (χ0n) is 12.5. The first-order valence-corrected chi connectivity index (χ1v) is 8.19. The van der Waals surface area contributed by atoms with Crippen LogP contribution in [0.5, 0.6) is 0 Å². The van der Waals surface area contributed by atoms with E-state index in [1.54, 1.807) is 13.8 Å². The second-order valence-corrected chi connectivity index (χ2v) is 7.02. The van der Waals surface area contributed by atoms with E-state index in [4.69, 9.17) is 0 Å². The van der Waals surface area contributed by atoms with E-state index in [-0.39, 0.29) is 13.0 Å². The van der Waals surface area contributed by atoms with Gasteiger partial charge in [0.05, 0.1) is 7.11 Å². The van der Waals surface area contributed by atoms with Crippen LogP contribution in [0.25, 0.3) is 0 Å². The van der Waals surface area contributed by atoms with E-state index in [0.29, 0.717) is 12.8 Å². The minimum atomic E-state index is -4.04. The Bertz CT molecular complexity index is 490. The van der Waals surface area contributed by atoms with Crippen LogP contribution >= 0.6 is 0 Å². The first kappa shape index (κ1) is 17.9. The summed E-state index contributed by atoms with van der Waals surface area (Å²) in [7, 11) is -2.86. The third kappa shape index (κ3) is 4.14. The highest BCUT2D eigenvalue weighted by molar-refractivity contribution is 7.86. The molecule has 1 rings (SSSR count). The Balaban J connectivity index is 3.08. The van der Waals surface area contributed by atoms with Crippen LogP contribution in [-0.2, 0) is 24.5 Å². The molecule has 0 amide bonds. The maximum Gasteiger partial charge on any atom is 0.322 e. The van der Waals surface area contributed by atoms with Gasteiger partial charge in [0.25, 0.3) is 10.2 Å². The quantitative estimate of drug-likeness (QED) is 0.693. The highest BCUT2D eigenvalue weighted by atomic mass is 32.2. The highest BCUT2D eigenvalue weighted by Crippen LogP contribution is 2.24. The summed E-state index contributed by atoms with van der Waals surface area (Å²) in [6, 6.07) is -1.56. The van der Waals surface area contributed by atoms with E-state index >= 15 is 0 Å². The normalized spacial score (nSPS) is 20.7. The van der Waals surface area contributed by atoms with Crippen molar-refractivity contribution in [1.82, 2.24) is 8.61 Å². The van der Waals surface area contributed by atoms with E-state index < -0.39 is 40.8 Å². The summed E-state index contributed by atoms with van der Waals surface area (Å²) >= 11 is 0. The molecule has 1 N–H and O–H groups in total. The number of esters is 1. The van der Waals surface area contributed by atoms with Crippen molar-refractivity contribution < 1.29 is 27.9 Å². The van der Waals surface area contributed by atoms with Gasteiger partial charge in [-0.1, -0.05) is 0 Å². The van der Waals surface area contributed by atoms with Gasteiger partial charge < -0.3 is 9.84 Å².